The third kappa shape index (κ3) is 2.70. The van der Waals surface area contributed by atoms with Crippen LogP contribution in [-0.4, -0.2) is 9.36 Å². The Hall–Kier alpha value is -1.44. The summed E-state index contributed by atoms with van der Waals surface area (Å²) in [5.41, 5.74) is 7.88. The summed E-state index contributed by atoms with van der Waals surface area (Å²) in [5.74, 6) is 0.538. The van der Waals surface area contributed by atoms with Gasteiger partial charge in [-0.1, -0.05) is 6.07 Å². The fourth-order valence-corrected chi connectivity index (χ4v) is 3.99. The van der Waals surface area contributed by atoms with Gasteiger partial charge in [0.15, 0.2) is 0 Å². The number of nitrogens with one attached hydrogen (secondary N) is 1. The van der Waals surface area contributed by atoms with Gasteiger partial charge in [0, 0.05) is 27.3 Å². The minimum Gasteiger partial charge on any atom is -0.382 e. The number of pyridine rings is 1. The molecule has 0 saturated heterocycles. The first-order valence-electron chi connectivity index (χ1n) is 5.87. The lowest BCUT2D eigenvalue weighted by atomic mass is 10.1. The van der Waals surface area contributed by atoms with Crippen LogP contribution in [-0.2, 0) is 6.54 Å². The maximum absolute atomic E-state index is 5.98. The molecule has 0 bridgehead atoms. The Morgan fingerprint density at radius 2 is 2.25 bits per heavy atom. The minimum absolute atomic E-state index is 0.538. The molecule has 0 aliphatic heterocycles. The Morgan fingerprint density at radius 3 is 2.95 bits per heavy atom. The van der Waals surface area contributed by atoms with Crippen molar-refractivity contribution in [2.75, 3.05) is 11.1 Å². The molecule has 3 heterocycles. The van der Waals surface area contributed by atoms with Crippen molar-refractivity contribution in [1.29, 1.82) is 0 Å². The maximum atomic E-state index is 5.98. The Morgan fingerprint density at radius 1 is 1.35 bits per heavy atom. The predicted octanol–water partition coefficient (Wildman–Crippen LogP) is 4.22. The molecule has 0 unspecified atom stereocenters. The highest BCUT2D eigenvalue weighted by Gasteiger charge is 2.14. The molecule has 7 heteroatoms. The number of hydrogen-bond acceptors (Lipinski definition) is 6. The van der Waals surface area contributed by atoms with E-state index in [0.29, 0.717) is 5.82 Å². The van der Waals surface area contributed by atoms with Crippen molar-refractivity contribution in [2.24, 2.45) is 0 Å². The molecule has 20 heavy (non-hydrogen) atoms. The number of anilines is 2. The van der Waals surface area contributed by atoms with E-state index < -0.39 is 0 Å². The van der Waals surface area contributed by atoms with Gasteiger partial charge in [-0.3, -0.25) is 4.98 Å². The van der Waals surface area contributed by atoms with Crippen molar-refractivity contribution in [3.05, 3.63) is 45.3 Å². The van der Waals surface area contributed by atoms with E-state index in [4.69, 9.17) is 5.73 Å². The van der Waals surface area contributed by atoms with Gasteiger partial charge in [0.25, 0.3) is 0 Å². The van der Waals surface area contributed by atoms with E-state index in [1.165, 1.54) is 16.4 Å². The van der Waals surface area contributed by atoms with Crippen molar-refractivity contribution in [3.63, 3.8) is 0 Å². The van der Waals surface area contributed by atoms with Gasteiger partial charge >= 0.3 is 0 Å². The molecule has 0 fully saturated rings. The lowest BCUT2D eigenvalue weighted by molar-refractivity contribution is 1.20. The molecule has 3 aromatic rings. The second kappa shape index (κ2) is 5.90. The zero-order valence-electron chi connectivity index (χ0n) is 10.3. The summed E-state index contributed by atoms with van der Waals surface area (Å²) in [7, 11) is 0. The molecule has 0 atom stereocenters. The van der Waals surface area contributed by atoms with Gasteiger partial charge in [-0.15, -0.1) is 11.3 Å². The first kappa shape index (κ1) is 13.5. The summed E-state index contributed by atoms with van der Waals surface area (Å²) < 4.78 is 5.36. The highest BCUT2D eigenvalue weighted by molar-refractivity contribution is 9.10. The van der Waals surface area contributed by atoms with Crippen molar-refractivity contribution < 1.29 is 0 Å². The number of nitrogens with two attached hydrogens (primary N) is 1. The molecule has 3 rings (SSSR count). The molecule has 0 aromatic carbocycles. The normalized spacial score (nSPS) is 10.7. The summed E-state index contributed by atoms with van der Waals surface area (Å²) in [6, 6.07) is 5.93. The van der Waals surface area contributed by atoms with E-state index in [1.807, 2.05) is 18.2 Å². The van der Waals surface area contributed by atoms with E-state index >= 15 is 0 Å². The van der Waals surface area contributed by atoms with Gasteiger partial charge in [0.1, 0.15) is 10.8 Å². The fourth-order valence-electron chi connectivity index (χ4n) is 1.82. The highest BCUT2D eigenvalue weighted by Crippen LogP contribution is 2.37. The van der Waals surface area contributed by atoms with Crippen LogP contribution in [0, 0.1) is 0 Å². The van der Waals surface area contributed by atoms with Crippen LogP contribution >= 0.6 is 38.8 Å². The van der Waals surface area contributed by atoms with Gasteiger partial charge < -0.3 is 11.1 Å². The first-order valence-corrected chi connectivity index (χ1v) is 8.31. The Bertz CT molecular complexity index is 708. The van der Waals surface area contributed by atoms with Crippen LogP contribution in [0.15, 0.2) is 40.4 Å². The number of aromatic nitrogens is 2. The van der Waals surface area contributed by atoms with Crippen LogP contribution in [0.4, 0.5) is 10.8 Å². The first-order chi connectivity index (χ1) is 9.75. The van der Waals surface area contributed by atoms with Crippen molar-refractivity contribution in [1.82, 2.24) is 9.36 Å². The molecule has 0 saturated carbocycles. The number of nitrogen functional groups attached to an aromatic ring is 1. The van der Waals surface area contributed by atoms with E-state index in [1.54, 1.807) is 23.7 Å². The number of rotatable bonds is 4. The maximum Gasteiger partial charge on any atom is 0.147 e. The van der Waals surface area contributed by atoms with Gasteiger partial charge in [-0.2, -0.15) is 4.37 Å². The Balaban J connectivity index is 1.86. The smallest absolute Gasteiger partial charge is 0.147 e. The number of nitrogens with zero attached hydrogens (tertiary/aromatic N) is 2. The molecule has 0 aliphatic rings. The average molecular weight is 367 g/mol. The summed E-state index contributed by atoms with van der Waals surface area (Å²) in [4.78, 5) is 5.38. The molecule has 3 aromatic heterocycles. The van der Waals surface area contributed by atoms with Crippen molar-refractivity contribution in [2.45, 2.75) is 6.54 Å². The molecule has 0 radical (unpaired) electrons. The SMILES string of the molecule is Nc1nsc(NCc2sccc2Br)c1-c1cccnc1. The third-order valence-electron chi connectivity index (χ3n) is 2.77. The molecule has 4 nitrogen and oxygen atoms in total. The lowest BCUT2D eigenvalue weighted by Crippen LogP contribution is -1.98. The van der Waals surface area contributed by atoms with Crippen LogP contribution < -0.4 is 11.1 Å². The van der Waals surface area contributed by atoms with E-state index in [9.17, 15) is 0 Å². The Kier molecular flexibility index (Phi) is 4.00. The molecular weight excluding hydrogens is 356 g/mol. The van der Waals surface area contributed by atoms with Crippen LogP contribution in [0.5, 0.6) is 0 Å². The monoisotopic (exact) mass is 366 g/mol. The highest BCUT2D eigenvalue weighted by atomic mass is 79.9. The molecule has 3 N–H and O–H groups in total. The van der Waals surface area contributed by atoms with E-state index in [0.717, 1.165) is 27.1 Å². The number of halogens is 1. The van der Waals surface area contributed by atoms with Crippen LogP contribution in [0.25, 0.3) is 11.1 Å². The summed E-state index contributed by atoms with van der Waals surface area (Å²) >= 11 is 6.61. The molecule has 0 aliphatic carbocycles. The summed E-state index contributed by atoms with van der Waals surface area (Å²) in [6.45, 7) is 0.743. The quantitative estimate of drug-likeness (QED) is 0.725. The standard InChI is InChI=1S/C13H11BrN4S2/c14-9-3-5-19-10(9)7-17-13-11(12(15)18-20-13)8-2-1-4-16-6-8/h1-6,17H,7H2,(H2,15,18). The predicted molar refractivity (Wildman–Crippen MR) is 89.1 cm³/mol. The van der Waals surface area contributed by atoms with E-state index in [-0.39, 0.29) is 0 Å². The largest absolute Gasteiger partial charge is 0.382 e. The van der Waals surface area contributed by atoms with Gasteiger partial charge in [0.2, 0.25) is 0 Å². The molecule has 102 valence electrons. The van der Waals surface area contributed by atoms with E-state index in [2.05, 4.69) is 36.0 Å². The number of thiophene rings is 1. The Labute approximate surface area is 133 Å². The van der Waals surface area contributed by atoms with Gasteiger partial charge in [-0.05, 0) is 45.0 Å². The fraction of sp³-hybridized carbons (Fsp3) is 0.0769. The zero-order valence-corrected chi connectivity index (χ0v) is 13.6. The zero-order chi connectivity index (χ0) is 13.9. The third-order valence-corrected chi connectivity index (χ3v) is 5.51. The average Bonchev–Trinajstić information content (AvgIpc) is 3.03. The molecular formula is C13H11BrN4S2. The topological polar surface area (TPSA) is 63.8 Å². The van der Waals surface area contributed by atoms with Crippen LogP contribution in [0.1, 0.15) is 4.88 Å². The van der Waals surface area contributed by atoms with Gasteiger partial charge in [-0.25, -0.2) is 0 Å². The second-order valence-electron chi connectivity index (χ2n) is 4.06. The molecule has 0 amide bonds. The van der Waals surface area contributed by atoms with Gasteiger partial charge in [0.05, 0.1) is 12.1 Å². The molecule has 0 spiro atoms. The summed E-state index contributed by atoms with van der Waals surface area (Å²) in [6.07, 6.45) is 3.54. The van der Waals surface area contributed by atoms with Crippen molar-refractivity contribution in [3.8, 4) is 11.1 Å². The van der Waals surface area contributed by atoms with Crippen LogP contribution in [0.2, 0.25) is 0 Å². The minimum atomic E-state index is 0.538. The number of hydrogen-bond donors (Lipinski definition) is 2. The van der Waals surface area contributed by atoms with Crippen molar-refractivity contribution >= 4 is 49.6 Å². The lowest BCUT2D eigenvalue weighted by Gasteiger charge is -2.06. The van der Waals surface area contributed by atoms with Crippen LogP contribution in [0.3, 0.4) is 0 Å². The second-order valence-corrected chi connectivity index (χ2v) is 6.69. The summed E-state index contributed by atoms with van der Waals surface area (Å²) in [5, 5.41) is 6.43.